The minimum Gasteiger partial charge on any atom is -0.357 e. The summed E-state index contributed by atoms with van der Waals surface area (Å²) in [6.45, 7) is 8.05. The van der Waals surface area contributed by atoms with E-state index in [4.69, 9.17) is 0 Å². The average molecular weight is 373 g/mol. The molecule has 0 amide bonds. The number of halogens is 1. The number of sulfonamides is 1. The summed E-state index contributed by atoms with van der Waals surface area (Å²) in [6.07, 6.45) is 0.725. The zero-order chi connectivity index (χ0) is 18.7. The second-order valence-corrected chi connectivity index (χ2v) is 7.55. The molecule has 142 valence electrons. The van der Waals surface area contributed by atoms with E-state index in [0.29, 0.717) is 32.1 Å². The zero-order valence-corrected chi connectivity index (χ0v) is 16.1. The van der Waals surface area contributed by atoms with Crippen LogP contribution in [0.5, 0.6) is 0 Å². The molecule has 1 rings (SSSR count). The summed E-state index contributed by atoms with van der Waals surface area (Å²) in [6, 6.07) is 6.37. The Morgan fingerprint density at radius 2 is 1.76 bits per heavy atom. The lowest BCUT2D eigenvalue weighted by Gasteiger charge is -2.18. The number of benzene rings is 1. The van der Waals surface area contributed by atoms with E-state index in [1.54, 1.807) is 12.1 Å². The van der Waals surface area contributed by atoms with Crippen molar-refractivity contribution in [1.29, 1.82) is 0 Å². The van der Waals surface area contributed by atoms with E-state index < -0.39 is 10.0 Å². The number of rotatable bonds is 10. The van der Waals surface area contributed by atoms with Gasteiger partial charge in [0.2, 0.25) is 10.0 Å². The van der Waals surface area contributed by atoms with Gasteiger partial charge in [-0.1, -0.05) is 26.0 Å². The normalized spacial score (nSPS) is 12.4. The highest BCUT2D eigenvalue weighted by molar-refractivity contribution is 7.89. The number of hydrogen-bond acceptors (Lipinski definition) is 3. The molecule has 0 fully saturated rings. The molecule has 1 aromatic rings. The molecule has 0 spiro atoms. The van der Waals surface area contributed by atoms with Gasteiger partial charge in [-0.2, -0.15) is 0 Å². The first-order valence-electron chi connectivity index (χ1n) is 8.67. The third kappa shape index (κ3) is 7.83. The standard InChI is InChI=1S/C17H29FN4O2S/c1-4-19-17(20-12-11-15-7-9-16(18)10-8-15)21-13-14-25(23,24)22(5-2)6-3/h7-10H,4-6,11-14H2,1-3H3,(H2,19,20,21). The van der Waals surface area contributed by atoms with Crippen LogP contribution in [0.3, 0.4) is 0 Å². The van der Waals surface area contributed by atoms with Gasteiger partial charge in [0.25, 0.3) is 0 Å². The number of hydrogen-bond donors (Lipinski definition) is 2. The fourth-order valence-electron chi connectivity index (χ4n) is 2.34. The van der Waals surface area contributed by atoms with Crippen molar-refractivity contribution in [2.24, 2.45) is 4.99 Å². The predicted molar refractivity (Wildman–Crippen MR) is 101 cm³/mol. The SMILES string of the molecule is CCNC(=NCCS(=O)(=O)N(CC)CC)NCCc1ccc(F)cc1. The van der Waals surface area contributed by atoms with Crippen LogP contribution in [0.4, 0.5) is 4.39 Å². The van der Waals surface area contributed by atoms with Gasteiger partial charge in [0, 0.05) is 26.2 Å². The predicted octanol–water partition coefficient (Wildman–Crippen LogP) is 1.59. The van der Waals surface area contributed by atoms with Gasteiger partial charge in [-0.3, -0.25) is 4.99 Å². The van der Waals surface area contributed by atoms with Crippen LogP contribution in [0.15, 0.2) is 29.3 Å². The van der Waals surface area contributed by atoms with Gasteiger partial charge in [-0.15, -0.1) is 0 Å². The summed E-state index contributed by atoms with van der Waals surface area (Å²) in [5.41, 5.74) is 1.02. The van der Waals surface area contributed by atoms with Crippen molar-refractivity contribution in [1.82, 2.24) is 14.9 Å². The fraction of sp³-hybridized carbons (Fsp3) is 0.588. The van der Waals surface area contributed by atoms with Gasteiger partial charge in [-0.25, -0.2) is 17.1 Å². The van der Waals surface area contributed by atoms with Crippen molar-refractivity contribution >= 4 is 16.0 Å². The molecule has 0 aliphatic carbocycles. The van der Waals surface area contributed by atoms with Crippen LogP contribution >= 0.6 is 0 Å². The van der Waals surface area contributed by atoms with Gasteiger partial charge in [0.05, 0.1) is 12.3 Å². The maximum Gasteiger partial charge on any atom is 0.215 e. The molecule has 1 aromatic carbocycles. The molecule has 8 heteroatoms. The Bertz CT molecular complexity index is 629. The first-order chi connectivity index (χ1) is 11.9. The number of nitrogens with one attached hydrogen (secondary N) is 2. The van der Waals surface area contributed by atoms with Gasteiger partial charge in [-0.05, 0) is 31.0 Å². The van der Waals surface area contributed by atoms with E-state index in [1.807, 2.05) is 20.8 Å². The van der Waals surface area contributed by atoms with E-state index >= 15 is 0 Å². The maximum atomic E-state index is 12.9. The van der Waals surface area contributed by atoms with Gasteiger partial charge >= 0.3 is 0 Å². The Morgan fingerprint density at radius 3 is 2.32 bits per heavy atom. The molecule has 0 saturated carbocycles. The Hall–Kier alpha value is -1.67. The van der Waals surface area contributed by atoms with Crippen LogP contribution in [-0.4, -0.2) is 57.2 Å². The van der Waals surface area contributed by atoms with Crippen LogP contribution in [-0.2, 0) is 16.4 Å². The first-order valence-corrected chi connectivity index (χ1v) is 10.3. The fourth-order valence-corrected chi connectivity index (χ4v) is 3.70. The summed E-state index contributed by atoms with van der Waals surface area (Å²) in [5.74, 6) is 0.323. The number of nitrogens with zero attached hydrogens (tertiary/aromatic N) is 2. The Labute approximate surface area is 150 Å². The number of guanidine groups is 1. The molecule has 0 saturated heterocycles. The van der Waals surface area contributed by atoms with Crippen LogP contribution < -0.4 is 10.6 Å². The minimum absolute atomic E-state index is 0.0107. The molecule has 0 atom stereocenters. The summed E-state index contributed by atoms with van der Waals surface area (Å²) in [4.78, 5) is 4.32. The summed E-state index contributed by atoms with van der Waals surface area (Å²) < 4.78 is 38.6. The topological polar surface area (TPSA) is 73.8 Å². The lowest BCUT2D eigenvalue weighted by atomic mass is 10.1. The van der Waals surface area contributed by atoms with E-state index in [-0.39, 0.29) is 18.1 Å². The second kappa shape index (κ2) is 11.0. The largest absolute Gasteiger partial charge is 0.357 e. The van der Waals surface area contributed by atoms with E-state index in [2.05, 4.69) is 15.6 Å². The minimum atomic E-state index is -3.27. The van der Waals surface area contributed by atoms with Gasteiger partial charge in [0.15, 0.2) is 5.96 Å². The molecule has 0 aliphatic heterocycles. The Balaban J connectivity index is 2.51. The molecule has 0 aromatic heterocycles. The summed E-state index contributed by atoms with van der Waals surface area (Å²) in [5, 5.41) is 6.26. The lowest BCUT2D eigenvalue weighted by molar-refractivity contribution is 0.445. The van der Waals surface area contributed by atoms with E-state index in [9.17, 15) is 12.8 Å². The zero-order valence-electron chi connectivity index (χ0n) is 15.3. The molecule has 0 heterocycles. The monoisotopic (exact) mass is 372 g/mol. The quantitative estimate of drug-likeness (QED) is 0.483. The van der Waals surface area contributed by atoms with Crippen molar-refractivity contribution < 1.29 is 12.8 Å². The number of aliphatic imine (C=N–C) groups is 1. The molecular weight excluding hydrogens is 343 g/mol. The Morgan fingerprint density at radius 1 is 1.12 bits per heavy atom. The average Bonchev–Trinajstić information content (AvgIpc) is 2.57. The molecule has 2 N–H and O–H groups in total. The molecule has 0 radical (unpaired) electrons. The maximum absolute atomic E-state index is 12.9. The van der Waals surface area contributed by atoms with Crippen LogP contribution in [0.1, 0.15) is 26.3 Å². The van der Waals surface area contributed by atoms with Crippen LogP contribution in [0.2, 0.25) is 0 Å². The summed E-state index contributed by atoms with van der Waals surface area (Å²) >= 11 is 0. The first kappa shape index (κ1) is 21.4. The molecule has 6 nitrogen and oxygen atoms in total. The van der Waals surface area contributed by atoms with Gasteiger partial charge < -0.3 is 10.6 Å². The molecular formula is C17H29FN4O2S. The van der Waals surface area contributed by atoms with Crippen molar-refractivity contribution in [2.75, 3.05) is 38.5 Å². The van der Waals surface area contributed by atoms with Crippen molar-refractivity contribution in [2.45, 2.75) is 27.2 Å². The van der Waals surface area contributed by atoms with Gasteiger partial charge in [0.1, 0.15) is 5.82 Å². The Kier molecular flexibility index (Phi) is 9.44. The highest BCUT2D eigenvalue weighted by Gasteiger charge is 2.17. The molecule has 0 unspecified atom stereocenters. The third-order valence-electron chi connectivity index (χ3n) is 3.68. The van der Waals surface area contributed by atoms with E-state index in [1.165, 1.54) is 16.4 Å². The van der Waals surface area contributed by atoms with Crippen molar-refractivity contribution in [3.8, 4) is 0 Å². The third-order valence-corrected chi connectivity index (χ3v) is 5.68. The van der Waals surface area contributed by atoms with E-state index in [0.717, 1.165) is 12.0 Å². The highest BCUT2D eigenvalue weighted by Crippen LogP contribution is 2.03. The molecule has 0 aliphatic rings. The lowest BCUT2D eigenvalue weighted by Crippen LogP contribution is -2.39. The van der Waals surface area contributed by atoms with Crippen LogP contribution in [0, 0.1) is 5.82 Å². The van der Waals surface area contributed by atoms with Crippen molar-refractivity contribution in [3.63, 3.8) is 0 Å². The smallest absolute Gasteiger partial charge is 0.215 e. The van der Waals surface area contributed by atoms with Crippen molar-refractivity contribution in [3.05, 3.63) is 35.6 Å². The highest BCUT2D eigenvalue weighted by atomic mass is 32.2. The van der Waals surface area contributed by atoms with Crippen LogP contribution in [0.25, 0.3) is 0 Å². The second-order valence-electron chi connectivity index (χ2n) is 5.46. The molecule has 25 heavy (non-hydrogen) atoms. The summed E-state index contributed by atoms with van der Waals surface area (Å²) in [7, 11) is -3.27. The molecule has 0 bridgehead atoms.